The fourth-order valence-electron chi connectivity index (χ4n) is 3.93. The number of piperidine rings is 1. The van der Waals surface area contributed by atoms with Gasteiger partial charge in [0, 0.05) is 6.04 Å². The number of benzene rings is 2. The fourth-order valence-corrected chi connectivity index (χ4v) is 3.93. The van der Waals surface area contributed by atoms with Crippen LogP contribution in [0.15, 0.2) is 54.6 Å². The first-order valence-corrected chi connectivity index (χ1v) is 11.2. The maximum absolute atomic E-state index is 10.6. The van der Waals surface area contributed by atoms with Crippen molar-refractivity contribution in [3.63, 3.8) is 0 Å². The number of aliphatic carboxylic acids is 2. The third kappa shape index (κ3) is 8.11. The summed E-state index contributed by atoms with van der Waals surface area (Å²) in [7, 11) is 0. The maximum Gasteiger partial charge on any atom is 0.335 e. The third-order valence-corrected chi connectivity index (χ3v) is 6.09. The van der Waals surface area contributed by atoms with Crippen molar-refractivity contribution < 1.29 is 40.2 Å². The Bertz CT molecular complexity index is 879. The molecule has 9 heteroatoms. The number of likely N-dealkylation sites (tertiary alicyclic amines) is 1. The molecule has 1 aliphatic rings. The number of carboxylic acids is 2. The molecule has 186 valence electrons. The van der Waals surface area contributed by atoms with Crippen molar-refractivity contribution in [1.82, 2.24) is 4.90 Å². The zero-order chi connectivity index (χ0) is 25.3. The summed E-state index contributed by atoms with van der Waals surface area (Å²) in [5, 5.41) is 52.5. The molecule has 4 atom stereocenters. The fraction of sp³-hybridized carbons (Fsp3) is 0.440. The number of phenolic OH excluding ortho intramolecular Hbond substituents is 1. The molecule has 2 aromatic carbocycles. The molecule has 0 saturated carbocycles. The van der Waals surface area contributed by atoms with Crippen LogP contribution in [0.3, 0.4) is 0 Å². The molecule has 2 aromatic rings. The Morgan fingerprint density at radius 3 is 1.85 bits per heavy atom. The Hall–Kier alpha value is -2.98. The van der Waals surface area contributed by atoms with Gasteiger partial charge in [0.05, 0.1) is 6.10 Å². The van der Waals surface area contributed by atoms with Gasteiger partial charge in [0.25, 0.3) is 0 Å². The highest BCUT2D eigenvalue weighted by molar-refractivity contribution is 5.83. The SMILES string of the molecule is CC(C(O)c1ccc(O)cc1)N1CCC(Cc2ccccc2)CC1.O=C(O)C(O)C(O)C(=O)O. The summed E-state index contributed by atoms with van der Waals surface area (Å²) in [6, 6.07) is 17.7. The highest BCUT2D eigenvalue weighted by atomic mass is 16.4. The van der Waals surface area contributed by atoms with Gasteiger partial charge in [-0.3, -0.25) is 4.90 Å². The maximum atomic E-state index is 10.6. The van der Waals surface area contributed by atoms with Crippen molar-refractivity contribution in [3.05, 3.63) is 65.7 Å². The van der Waals surface area contributed by atoms with Crippen LogP contribution in [0, 0.1) is 5.92 Å². The molecule has 0 bridgehead atoms. The van der Waals surface area contributed by atoms with Crippen molar-refractivity contribution >= 4 is 11.9 Å². The standard InChI is InChI=1S/C21H27NO2.C4H6O6/c1-16(21(24)19-7-9-20(23)10-8-19)22-13-11-18(12-14-22)15-17-5-3-2-4-6-17;5-1(3(7)8)2(6)4(9)10/h2-10,16,18,21,23-24H,11-15H2,1H3;1-2,5-6H,(H,7,8)(H,9,10). The first kappa shape index (κ1) is 27.3. The van der Waals surface area contributed by atoms with Gasteiger partial charge in [-0.05, 0) is 68.5 Å². The first-order chi connectivity index (χ1) is 16.1. The van der Waals surface area contributed by atoms with E-state index in [0.717, 1.165) is 31.0 Å². The molecule has 1 fully saturated rings. The number of hydrogen-bond donors (Lipinski definition) is 6. The summed E-state index contributed by atoms with van der Waals surface area (Å²) >= 11 is 0. The Morgan fingerprint density at radius 1 is 0.882 bits per heavy atom. The van der Waals surface area contributed by atoms with E-state index in [-0.39, 0.29) is 11.8 Å². The van der Waals surface area contributed by atoms with E-state index in [2.05, 4.69) is 42.2 Å². The van der Waals surface area contributed by atoms with Crippen molar-refractivity contribution in [2.24, 2.45) is 5.92 Å². The lowest BCUT2D eigenvalue weighted by Crippen LogP contribution is -2.43. The largest absolute Gasteiger partial charge is 0.508 e. The minimum atomic E-state index is -2.27. The van der Waals surface area contributed by atoms with Gasteiger partial charge in [-0.2, -0.15) is 0 Å². The second-order valence-electron chi connectivity index (χ2n) is 8.51. The molecular weight excluding hydrogens is 442 g/mol. The van der Waals surface area contributed by atoms with Crippen molar-refractivity contribution in [1.29, 1.82) is 0 Å². The lowest BCUT2D eigenvalue weighted by Gasteiger charge is -2.38. The first-order valence-electron chi connectivity index (χ1n) is 11.2. The van der Waals surface area contributed by atoms with Crippen LogP contribution in [-0.2, 0) is 16.0 Å². The van der Waals surface area contributed by atoms with E-state index in [9.17, 15) is 19.8 Å². The molecule has 0 aromatic heterocycles. The van der Waals surface area contributed by atoms with E-state index < -0.39 is 30.3 Å². The number of carbonyl (C=O) groups is 2. The number of nitrogens with zero attached hydrogens (tertiary/aromatic N) is 1. The number of phenols is 1. The molecule has 3 rings (SSSR count). The molecule has 9 nitrogen and oxygen atoms in total. The van der Waals surface area contributed by atoms with Crippen LogP contribution < -0.4 is 0 Å². The van der Waals surface area contributed by atoms with Gasteiger partial charge in [0.1, 0.15) is 5.75 Å². The van der Waals surface area contributed by atoms with Crippen LogP contribution in [0.1, 0.15) is 37.0 Å². The predicted octanol–water partition coefficient (Wildman–Crippen LogP) is 1.65. The highest BCUT2D eigenvalue weighted by Crippen LogP contribution is 2.28. The lowest BCUT2D eigenvalue weighted by molar-refractivity contribution is -0.165. The molecule has 6 N–H and O–H groups in total. The van der Waals surface area contributed by atoms with E-state index in [1.165, 1.54) is 18.4 Å². The Kier molecular flexibility index (Phi) is 10.5. The average molecular weight is 476 g/mol. The molecule has 0 aliphatic carbocycles. The number of aliphatic hydroxyl groups excluding tert-OH is 3. The van der Waals surface area contributed by atoms with Crippen LogP contribution in [-0.4, -0.2) is 78.8 Å². The van der Waals surface area contributed by atoms with E-state index in [1.54, 1.807) is 24.3 Å². The summed E-state index contributed by atoms with van der Waals surface area (Å²) in [4.78, 5) is 21.9. The molecule has 1 heterocycles. The van der Waals surface area contributed by atoms with Gasteiger partial charge in [0.2, 0.25) is 0 Å². The van der Waals surface area contributed by atoms with Gasteiger partial charge in [-0.15, -0.1) is 0 Å². The summed E-state index contributed by atoms with van der Waals surface area (Å²) in [5.74, 6) is -2.56. The average Bonchev–Trinajstić information content (AvgIpc) is 2.84. The summed E-state index contributed by atoms with van der Waals surface area (Å²) in [5.41, 5.74) is 2.29. The topological polar surface area (TPSA) is 159 Å². The summed E-state index contributed by atoms with van der Waals surface area (Å²) in [6.07, 6.45) is -1.53. The quantitative estimate of drug-likeness (QED) is 0.334. The predicted molar refractivity (Wildman–Crippen MR) is 124 cm³/mol. The van der Waals surface area contributed by atoms with E-state index in [1.807, 2.05) is 0 Å². The number of hydrogen-bond acceptors (Lipinski definition) is 7. The Balaban J connectivity index is 0.000000347. The third-order valence-electron chi connectivity index (χ3n) is 6.09. The number of rotatable bonds is 8. The number of aromatic hydroxyl groups is 1. The zero-order valence-corrected chi connectivity index (χ0v) is 19.1. The lowest BCUT2D eigenvalue weighted by atomic mass is 9.89. The van der Waals surface area contributed by atoms with Crippen LogP contribution in [0.2, 0.25) is 0 Å². The van der Waals surface area contributed by atoms with E-state index in [0.29, 0.717) is 0 Å². The van der Waals surface area contributed by atoms with Crippen molar-refractivity contribution in [2.45, 2.75) is 50.5 Å². The molecule has 1 saturated heterocycles. The van der Waals surface area contributed by atoms with Gasteiger partial charge >= 0.3 is 11.9 Å². The monoisotopic (exact) mass is 475 g/mol. The van der Waals surface area contributed by atoms with Gasteiger partial charge in [-0.1, -0.05) is 42.5 Å². The van der Waals surface area contributed by atoms with Crippen LogP contribution in [0.5, 0.6) is 5.75 Å². The Labute approximate surface area is 198 Å². The molecule has 1 aliphatic heterocycles. The molecule has 0 radical (unpaired) electrons. The zero-order valence-electron chi connectivity index (χ0n) is 19.1. The van der Waals surface area contributed by atoms with Gasteiger partial charge < -0.3 is 30.6 Å². The van der Waals surface area contributed by atoms with Crippen molar-refractivity contribution in [3.8, 4) is 5.75 Å². The molecule has 0 amide bonds. The summed E-state index contributed by atoms with van der Waals surface area (Å²) in [6.45, 7) is 4.16. The normalized spacial score (nSPS) is 18.1. The van der Waals surface area contributed by atoms with Gasteiger partial charge in [-0.25, -0.2) is 9.59 Å². The Morgan fingerprint density at radius 2 is 1.38 bits per heavy atom. The second-order valence-corrected chi connectivity index (χ2v) is 8.51. The molecule has 34 heavy (non-hydrogen) atoms. The van der Waals surface area contributed by atoms with Crippen LogP contribution in [0.4, 0.5) is 0 Å². The van der Waals surface area contributed by atoms with Crippen LogP contribution in [0.25, 0.3) is 0 Å². The number of aliphatic hydroxyl groups is 3. The van der Waals surface area contributed by atoms with Gasteiger partial charge in [0.15, 0.2) is 12.2 Å². The molecule has 0 spiro atoms. The number of carboxylic acid groups (broad SMARTS) is 2. The van der Waals surface area contributed by atoms with E-state index >= 15 is 0 Å². The summed E-state index contributed by atoms with van der Waals surface area (Å²) < 4.78 is 0. The minimum absolute atomic E-state index is 0.0900. The second kappa shape index (κ2) is 13.0. The molecule has 4 unspecified atom stereocenters. The minimum Gasteiger partial charge on any atom is -0.508 e. The van der Waals surface area contributed by atoms with E-state index in [4.69, 9.17) is 20.4 Å². The van der Waals surface area contributed by atoms with Crippen molar-refractivity contribution in [2.75, 3.05) is 13.1 Å². The van der Waals surface area contributed by atoms with Crippen LogP contribution >= 0.6 is 0 Å². The smallest absolute Gasteiger partial charge is 0.335 e. The highest BCUT2D eigenvalue weighted by Gasteiger charge is 2.29. The molecular formula is C25H33NO8.